The van der Waals surface area contributed by atoms with Gasteiger partial charge in [0.05, 0.1) is 11.3 Å². The van der Waals surface area contributed by atoms with Crippen LogP contribution in [0.1, 0.15) is 5.69 Å². The second kappa shape index (κ2) is 3.41. The van der Waals surface area contributed by atoms with E-state index in [2.05, 4.69) is 31.1 Å². The number of aryl methyl sites for hydroxylation is 1. The molecule has 5 nitrogen and oxygen atoms in total. The molecule has 0 radical (unpaired) electrons. The molecule has 3 rings (SSSR count). The lowest BCUT2D eigenvalue weighted by Gasteiger charge is -2.00. The van der Waals surface area contributed by atoms with Crippen LogP contribution < -0.4 is 0 Å². The van der Waals surface area contributed by atoms with Gasteiger partial charge in [-0.05, 0) is 28.9 Å². The third-order valence-electron chi connectivity index (χ3n) is 2.23. The summed E-state index contributed by atoms with van der Waals surface area (Å²) in [5, 5.41) is 7.57. The number of imidazole rings is 1. The van der Waals surface area contributed by atoms with E-state index in [1.807, 2.05) is 29.8 Å². The highest BCUT2D eigenvalue weighted by Gasteiger charge is 2.12. The smallest absolute Gasteiger partial charge is 0.251 e. The van der Waals surface area contributed by atoms with E-state index in [0.29, 0.717) is 5.89 Å². The molecule has 0 saturated heterocycles. The number of pyridine rings is 1. The van der Waals surface area contributed by atoms with Crippen LogP contribution in [0, 0.1) is 6.92 Å². The Morgan fingerprint density at radius 3 is 3.00 bits per heavy atom. The zero-order valence-electron chi connectivity index (χ0n) is 8.38. The first-order valence-electron chi connectivity index (χ1n) is 4.65. The summed E-state index contributed by atoms with van der Waals surface area (Å²) < 4.78 is 8.06. The van der Waals surface area contributed by atoms with Gasteiger partial charge in [-0.3, -0.25) is 0 Å². The van der Waals surface area contributed by atoms with Crippen molar-refractivity contribution in [2.45, 2.75) is 6.92 Å². The predicted octanol–water partition coefficient (Wildman–Crippen LogP) is 2.46. The quantitative estimate of drug-likeness (QED) is 0.686. The van der Waals surface area contributed by atoms with Gasteiger partial charge in [-0.15, -0.1) is 10.2 Å². The lowest BCUT2D eigenvalue weighted by Crippen LogP contribution is -1.88. The number of halogens is 1. The first kappa shape index (κ1) is 9.53. The molecule has 0 aliphatic rings. The second-order valence-corrected chi connectivity index (χ2v) is 4.34. The highest BCUT2D eigenvalue weighted by atomic mass is 79.9. The van der Waals surface area contributed by atoms with Gasteiger partial charge in [0.15, 0.2) is 0 Å². The minimum absolute atomic E-state index is 0.469. The molecule has 16 heavy (non-hydrogen) atoms. The van der Waals surface area contributed by atoms with Crippen molar-refractivity contribution in [2.75, 3.05) is 0 Å². The monoisotopic (exact) mass is 278 g/mol. The van der Waals surface area contributed by atoms with Crippen molar-refractivity contribution in [1.82, 2.24) is 19.6 Å². The van der Waals surface area contributed by atoms with Crippen LogP contribution in [0.3, 0.4) is 0 Å². The number of hydrogen-bond acceptors (Lipinski definition) is 4. The molecule has 0 atom stereocenters. The van der Waals surface area contributed by atoms with Crippen LogP contribution in [0.25, 0.3) is 17.1 Å². The van der Waals surface area contributed by atoms with E-state index in [1.165, 1.54) is 6.39 Å². The highest BCUT2D eigenvalue weighted by Crippen LogP contribution is 2.25. The molecule has 80 valence electrons. The number of hydrogen-bond donors (Lipinski definition) is 0. The molecule has 0 saturated carbocycles. The van der Waals surface area contributed by atoms with Crippen molar-refractivity contribution >= 4 is 21.6 Å². The molecular formula is C10H7BrN4O. The normalized spacial score (nSPS) is 11.1. The Hall–Kier alpha value is -1.69. The van der Waals surface area contributed by atoms with Gasteiger partial charge in [0.25, 0.3) is 5.89 Å². The van der Waals surface area contributed by atoms with E-state index in [-0.39, 0.29) is 0 Å². The Bertz CT molecular complexity index is 644. The summed E-state index contributed by atoms with van der Waals surface area (Å²) in [4.78, 5) is 4.42. The maximum Gasteiger partial charge on any atom is 0.251 e. The summed E-state index contributed by atoms with van der Waals surface area (Å²) in [5.41, 5.74) is 2.57. The van der Waals surface area contributed by atoms with Crippen LogP contribution >= 0.6 is 15.9 Å². The topological polar surface area (TPSA) is 56.2 Å². The maximum absolute atomic E-state index is 5.20. The lowest BCUT2D eigenvalue weighted by atomic mass is 10.3. The van der Waals surface area contributed by atoms with Gasteiger partial charge in [-0.1, -0.05) is 0 Å². The van der Waals surface area contributed by atoms with Crippen molar-refractivity contribution < 1.29 is 4.42 Å². The third-order valence-corrected chi connectivity index (χ3v) is 2.66. The molecule has 0 fully saturated rings. The molecule has 0 amide bonds. The Morgan fingerprint density at radius 2 is 2.25 bits per heavy atom. The maximum atomic E-state index is 5.20. The largest absolute Gasteiger partial charge is 0.423 e. The average molecular weight is 279 g/mol. The fourth-order valence-corrected chi connectivity index (χ4v) is 2.08. The standard InChI is InChI=1S/C10H7BrN4O/c1-6-3-15-4-7(11)2-8(9(15)13-6)10-14-12-5-16-10/h2-5H,1H3. The number of rotatable bonds is 1. The first-order chi connectivity index (χ1) is 7.74. The highest BCUT2D eigenvalue weighted by molar-refractivity contribution is 9.10. The van der Waals surface area contributed by atoms with Crippen LogP contribution in [-0.2, 0) is 0 Å². The van der Waals surface area contributed by atoms with E-state index in [0.717, 1.165) is 21.4 Å². The van der Waals surface area contributed by atoms with E-state index in [9.17, 15) is 0 Å². The van der Waals surface area contributed by atoms with Crippen LogP contribution in [-0.4, -0.2) is 19.6 Å². The van der Waals surface area contributed by atoms with E-state index >= 15 is 0 Å². The predicted molar refractivity (Wildman–Crippen MR) is 60.9 cm³/mol. The van der Waals surface area contributed by atoms with Gasteiger partial charge in [0.2, 0.25) is 6.39 Å². The van der Waals surface area contributed by atoms with Crippen LogP contribution in [0.15, 0.2) is 33.7 Å². The van der Waals surface area contributed by atoms with Gasteiger partial charge in [0.1, 0.15) is 5.65 Å². The lowest BCUT2D eigenvalue weighted by molar-refractivity contribution is 0.569. The molecule has 6 heteroatoms. The van der Waals surface area contributed by atoms with Gasteiger partial charge in [-0.25, -0.2) is 4.98 Å². The number of fused-ring (bicyclic) bond motifs is 1. The molecule has 0 spiro atoms. The summed E-state index contributed by atoms with van der Waals surface area (Å²) in [5.74, 6) is 0.469. The molecule has 3 heterocycles. The Morgan fingerprint density at radius 1 is 1.38 bits per heavy atom. The van der Waals surface area contributed by atoms with Crippen molar-refractivity contribution in [3.63, 3.8) is 0 Å². The summed E-state index contributed by atoms with van der Waals surface area (Å²) in [6.45, 7) is 1.94. The van der Waals surface area contributed by atoms with Crippen LogP contribution in [0.5, 0.6) is 0 Å². The van der Waals surface area contributed by atoms with Crippen molar-refractivity contribution in [3.8, 4) is 11.5 Å². The molecule has 0 unspecified atom stereocenters. The van der Waals surface area contributed by atoms with Gasteiger partial charge >= 0.3 is 0 Å². The number of nitrogens with zero attached hydrogens (tertiary/aromatic N) is 4. The SMILES string of the molecule is Cc1cn2cc(Br)cc(-c3nnco3)c2n1. The minimum Gasteiger partial charge on any atom is -0.423 e. The van der Waals surface area contributed by atoms with Crippen molar-refractivity contribution in [1.29, 1.82) is 0 Å². The Balaban J connectivity index is 2.38. The third kappa shape index (κ3) is 1.42. The van der Waals surface area contributed by atoms with E-state index in [4.69, 9.17) is 4.42 Å². The van der Waals surface area contributed by atoms with E-state index < -0.39 is 0 Å². The molecule has 0 aromatic carbocycles. The fourth-order valence-electron chi connectivity index (χ4n) is 1.63. The Kier molecular flexibility index (Phi) is 2.03. The van der Waals surface area contributed by atoms with Crippen molar-refractivity contribution in [3.05, 3.63) is 35.0 Å². The zero-order valence-corrected chi connectivity index (χ0v) is 9.97. The molecule has 3 aromatic heterocycles. The summed E-state index contributed by atoms with van der Waals surface area (Å²) in [6, 6.07) is 1.91. The fraction of sp³-hybridized carbons (Fsp3) is 0.100. The molecule has 0 aliphatic carbocycles. The molecule has 0 bridgehead atoms. The summed E-state index contributed by atoms with van der Waals surface area (Å²) in [6.07, 6.45) is 5.19. The summed E-state index contributed by atoms with van der Waals surface area (Å²) >= 11 is 3.44. The van der Waals surface area contributed by atoms with Crippen LogP contribution in [0.2, 0.25) is 0 Å². The molecule has 0 N–H and O–H groups in total. The van der Waals surface area contributed by atoms with Crippen LogP contribution in [0.4, 0.5) is 0 Å². The molecule has 3 aromatic rings. The zero-order chi connectivity index (χ0) is 11.1. The van der Waals surface area contributed by atoms with E-state index in [1.54, 1.807) is 0 Å². The first-order valence-corrected chi connectivity index (χ1v) is 5.45. The summed E-state index contributed by atoms with van der Waals surface area (Å²) in [7, 11) is 0. The number of aromatic nitrogens is 4. The van der Waals surface area contributed by atoms with Gasteiger partial charge in [-0.2, -0.15) is 0 Å². The Labute approximate surface area is 99.3 Å². The van der Waals surface area contributed by atoms with Gasteiger partial charge < -0.3 is 8.82 Å². The minimum atomic E-state index is 0.469. The molecular weight excluding hydrogens is 272 g/mol. The molecule has 0 aliphatic heterocycles. The second-order valence-electron chi connectivity index (χ2n) is 3.43. The van der Waals surface area contributed by atoms with Crippen molar-refractivity contribution in [2.24, 2.45) is 0 Å². The average Bonchev–Trinajstić information content (AvgIpc) is 2.83. The van der Waals surface area contributed by atoms with Gasteiger partial charge in [0, 0.05) is 16.9 Å².